The van der Waals surface area contributed by atoms with Crippen LogP contribution < -0.4 is 16.0 Å². The summed E-state index contributed by atoms with van der Waals surface area (Å²) in [5.74, 6) is 5.74. The number of amides is 1. The van der Waals surface area contributed by atoms with E-state index in [2.05, 4.69) is 12.3 Å². The van der Waals surface area contributed by atoms with Crippen molar-refractivity contribution in [3.05, 3.63) is 54.1 Å². The first-order chi connectivity index (χ1) is 11.7. The van der Waals surface area contributed by atoms with Crippen LogP contribution in [-0.2, 0) is 0 Å². The van der Waals surface area contributed by atoms with Crippen LogP contribution in [-0.4, -0.2) is 12.5 Å². The minimum Gasteiger partial charge on any atom is -0.494 e. The van der Waals surface area contributed by atoms with Crippen molar-refractivity contribution in [3.63, 3.8) is 0 Å². The molecule has 0 saturated heterocycles. The third-order valence-corrected chi connectivity index (χ3v) is 3.98. The monoisotopic (exact) mass is 326 g/mol. The molecule has 0 heterocycles. The van der Waals surface area contributed by atoms with Gasteiger partial charge in [-0.15, -0.1) is 0 Å². The number of nitrogen functional groups attached to an aromatic ring is 1. The summed E-state index contributed by atoms with van der Waals surface area (Å²) >= 11 is 0. The Morgan fingerprint density at radius 3 is 2.08 bits per heavy atom. The van der Waals surface area contributed by atoms with Gasteiger partial charge in [0, 0.05) is 5.56 Å². The molecule has 24 heavy (non-hydrogen) atoms. The average Bonchev–Trinajstić information content (AvgIpc) is 2.64. The molecule has 3 N–H and O–H groups in total. The molecule has 0 aromatic heterocycles. The van der Waals surface area contributed by atoms with E-state index in [4.69, 9.17) is 10.6 Å². The van der Waals surface area contributed by atoms with Gasteiger partial charge in [-0.2, -0.15) is 0 Å². The van der Waals surface area contributed by atoms with Crippen LogP contribution in [0.15, 0.2) is 48.5 Å². The van der Waals surface area contributed by atoms with Crippen molar-refractivity contribution in [2.24, 2.45) is 5.84 Å². The van der Waals surface area contributed by atoms with Crippen LogP contribution >= 0.6 is 0 Å². The first-order valence-corrected chi connectivity index (χ1v) is 8.59. The van der Waals surface area contributed by atoms with Gasteiger partial charge in [0.1, 0.15) is 5.75 Å². The van der Waals surface area contributed by atoms with Crippen molar-refractivity contribution < 1.29 is 9.53 Å². The van der Waals surface area contributed by atoms with E-state index >= 15 is 0 Å². The van der Waals surface area contributed by atoms with E-state index in [9.17, 15) is 4.79 Å². The maximum atomic E-state index is 11.4. The molecule has 128 valence electrons. The number of carbonyl (C=O) groups excluding carboxylic acids is 1. The average molecular weight is 326 g/mol. The van der Waals surface area contributed by atoms with Gasteiger partial charge in [0.05, 0.1) is 6.61 Å². The number of nitrogens with one attached hydrogen (secondary N) is 1. The van der Waals surface area contributed by atoms with Gasteiger partial charge in [-0.3, -0.25) is 10.2 Å². The van der Waals surface area contributed by atoms with Crippen LogP contribution in [0.25, 0.3) is 11.1 Å². The lowest BCUT2D eigenvalue weighted by Gasteiger charge is -2.08. The molecule has 0 spiro atoms. The normalized spacial score (nSPS) is 10.4. The number of hydrogen-bond donors (Lipinski definition) is 2. The molecule has 2 rings (SSSR count). The fourth-order valence-electron chi connectivity index (χ4n) is 2.54. The summed E-state index contributed by atoms with van der Waals surface area (Å²) < 4.78 is 5.78. The molecule has 0 bridgehead atoms. The Morgan fingerprint density at radius 1 is 0.917 bits per heavy atom. The topological polar surface area (TPSA) is 64.3 Å². The van der Waals surface area contributed by atoms with Crippen LogP contribution in [0.2, 0.25) is 0 Å². The molecule has 1 amide bonds. The maximum Gasteiger partial charge on any atom is 0.265 e. The summed E-state index contributed by atoms with van der Waals surface area (Å²) in [5, 5.41) is 0. The van der Waals surface area contributed by atoms with Gasteiger partial charge in [0.2, 0.25) is 0 Å². The standard InChI is InChI=1S/C20H26N2O2/c1-2-3-4-5-6-15-24-19-13-11-17(12-14-19)16-7-9-18(10-8-16)20(23)22-21/h7-14H,2-6,15,21H2,1H3,(H,22,23). The first-order valence-electron chi connectivity index (χ1n) is 8.59. The molecular weight excluding hydrogens is 300 g/mol. The second-order valence-electron chi connectivity index (χ2n) is 5.84. The van der Waals surface area contributed by atoms with E-state index in [-0.39, 0.29) is 5.91 Å². The van der Waals surface area contributed by atoms with Crippen LogP contribution in [0.3, 0.4) is 0 Å². The van der Waals surface area contributed by atoms with Gasteiger partial charge in [0.25, 0.3) is 5.91 Å². The maximum absolute atomic E-state index is 11.4. The largest absolute Gasteiger partial charge is 0.494 e. The third-order valence-electron chi connectivity index (χ3n) is 3.98. The van der Waals surface area contributed by atoms with Gasteiger partial charge < -0.3 is 4.74 Å². The van der Waals surface area contributed by atoms with E-state index in [0.717, 1.165) is 29.9 Å². The van der Waals surface area contributed by atoms with E-state index in [1.54, 1.807) is 12.1 Å². The lowest BCUT2D eigenvalue weighted by Crippen LogP contribution is -2.29. The van der Waals surface area contributed by atoms with Crippen molar-refractivity contribution in [2.45, 2.75) is 39.0 Å². The number of ether oxygens (including phenoxy) is 1. The Hall–Kier alpha value is -2.33. The number of hydrogen-bond acceptors (Lipinski definition) is 3. The van der Waals surface area contributed by atoms with Gasteiger partial charge in [-0.25, -0.2) is 5.84 Å². The molecule has 0 fully saturated rings. The third kappa shape index (κ3) is 5.39. The van der Waals surface area contributed by atoms with Crippen molar-refractivity contribution in [1.29, 1.82) is 0 Å². The van der Waals surface area contributed by atoms with Crippen molar-refractivity contribution in [1.82, 2.24) is 5.43 Å². The molecule has 0 atom stereocenters. The Balaban J connectivity index is 1.86. The number of hydrazine groups is 1. The van der Waals surface area contributed by atoms with Gasteiger partial charge in [-0.1, -0.05) is 56.9 Å². The summed E-state index contributed by atoms with van der Waals surface area (Å²) in [5.41, 5.74) is 4.81. The zero-order valence-electron chi connectivity index (χ0n) is 14.3. The fraction of sp³-hybridized carbons (Fsp3) is 0.350. The van der Waals surface area contributed by atoms with E-state index in [1.165, 1.54) is 25.7 Å². The number of rotatable bonds is 9. The SMILES string of the molecule is CCCCCCCOc1ccc(-c2ccc(C(=O)NN)cc2)cc1. The minimum atomic E-state index is -0.288. The molecule has 2 aromatic carbocycles. The predicted molar refractivity (Wildman–Crippen MR) is 97.8 cm³/mol. The van der Waals surface area contributed by atoms with Gasteiger partial charge in [-0.05, 0) is 41.8 Å². The molecule has 4 nitrogen and oxygen atoms in total. The number of nitrogens with two attached hydrogens (primary N) is 1. The van der Waals surface area contributed by atoms with Crippen LogP contribution in [0, 0.1) is 0 Å². The zero-order chi connectivity index (χ0) is 17.2. The fourth-order valence-corrected chi connectivity index (χ4v) is 2.54. The van der Waals surface area contributed by atoms with E-state index in [0.29, 0.717) is 5.56 Å². The summed E-state index contributed by atoms with van der Waals surface area (Å²) in [7, 11) is 0. The molecule has 2 aromatic rings. The van der Waals surface area contributed by atoms with E-state index in [1.807, 2.05) is 36.4 Å². The van der Waals surface area contributed by atoms with Crippen LogP contribution in [0.5, 0.6) is 5.75 Å². The van der Waals surface area contributed by atoms with Crippen LogP contribution in [0.1, 0.15) is 49.4 Å². The van der Waals surface area contributed by atoms with Gasteiger partial charge >= 0.3 is 0 Å². The highest BCUT2D eigenvalue weighted by molar-refractivity contribution is 5.94. The summed E-state index contributed by atoms with van der Waals surface area (Å²) in [6, 6.07) is 15.4. The molecule has 4 heteroatoms. The Bertz CT molecular complexity index is 621. The van der Waals surface area contributed by atoms with Crippen molar-refractivity contribution in [3.8, 4) is 16.9 Å². The first kappa shape index (κ1) is 18.0. The molecule has 0 saturated carbocycles. The molecular formula is C20H26N2O2. The highest BCUT2D eigenvalue weighted by Gasteiger charge is 2.04. The molecule has 0 aliphatic heterocycles. The second kappa shape index (κ2) is 9.73. The van der Waals surface area contributed by atoms with Crippen molar-refractivity contribution in [2.75, 3.05) is 6.61 Å². The highest BCUT2D eigenvalue weighted by atomic mass is 16.5. The Kier molecular flexibility index (Phi) is 7.30. The molecule has 0 unspecified atom stereocenters. The lowest BCUT2D eigenvalue weighted by atomic mass is 10.0. The Morgan fingerprint density at radius 2 is 1.50 bits per heavy atom. The summed E-state index contributed by atoms with van der Waals surface area (Å²) in [6.07, 6.45) is 6.19. The second-order valence-corrected chi connectivity index (χ2v) is 5.84. The molecule has 0 radical (unpaired) electrons. The van der Waals surface area contributed by atoms with Crippen LogP contribution in [0.4, 0.5) is 0 Å². The molecule has 0 aliphatic carbocycles. The predicted octanol–water partition coefficient (Wildman–Crippen LogP) is 4.31. The number of unbranched alkanes of at least 4 members (excludes halogenated alkanes) is 4. The number of benzene rings is 2. The Labute approximate surface area is 144 Å². The van der Waals surface area contributed by atoms with Crippen molar-refractivity contribution >= 4 is 5.91 Å². The quantitative estimate of drug-likeness (QED) is 0.312. The number of carbonyl (C=O) groups is 1. The molecule has 0 aliphatic rings. The minimum absolute atomic E-state index is 0.288. The summed E-state index contributed by atoms with van der Waals surface area (Å²) in [4.78, 5) is 11.4. The van der Waals surface area contributed by atoms with E-state index < -0.39 is 0 Å². The smallest absolute Gasteiger partial charge is 0.265 e. The lowest BCUT2D eigenvalue weighted by molar-refractivity contribution is 0.0953. The highest BCUT2D eigenvalue weighted by Crippen LogP contribution is 2.23. The zero-order valence-corrected chi connectivity index (χ0v) is 14.3. The van der Waals surface area contributed by atoms with Gasteiger partial charge in [0.15, 0.2) is 0 Å². The summed E-state index contributed by atoms with van der Waals surface area (Å²) in [6.45, 7) is 2.99.